The Morgan fingerprint density at radius 2 is 0.835 bits per heavy atom. The fourth-order valence-corrected chi connectivity index (χ4v) is 23.7. The van der Waals surface area contributed by atoms with Gasteiger partial charge < -0.3 is 176 Å². The molecule has 4 heterocycles. The molecule has 4 aliphatic heterocycles. The lowest BCUT2D eigenvalue weighted by atomic mass is 9.44. The Labute approximate surface area is 700 Å². The molecule has 0 aromatic rings. The number of Topliss-reactive ketones (excluding diaryl/α,β-unsaturated/α-hetero) is 2. The Morgan fingerprint density at radius 3 is 1.21 bits per heavy atom. The lowest BCUT2D eigenvalue weighted by Crippen LogP contribution is -2.69. The minimum absolute atomic E-state index is 0.00324. The molecule has 0 amide bonds. The molecule has 12 fully saturated rings. The van der Waals surface area contributed by atoms with Gasteiger partial charge in [0.2, 0.25) is 0 Å². The Hall–Kier alpha value is -3.86. The number of hydrogen-bond acceptors (Lipinski definition) is 38. The number of carbonyl (C=O) groups is 4. The van der Waals surface area contributed by atoms with Gasteiger partial charge in [0.25, 0.3) is 0 Å². The van der Waals surface area contributed by atoms with Crippen LogP contribution in [0.2, 0.25) is 0 Å². The second-order valence-corrected chi connectivity index (χ2v) is 37.6. The van der Waals surface area contributed by atoms with Gasteiger partial charge in [0.1, 0.15) is 104 Å². The highest BCUT2D eigenvalue weighted by molar-refractivity contribution is 6.02. The summed E-state index contributed by atoms with van der Waals surface area (Å²) in [4.78, 5) is 50.5. The van der Waals surface area contributed by atoms with Gasteiger partial charge in [0, 0.05) is 70.8 Å². The van der Waals surface area contributed by atoms with Crippen molar-refractivity contribution in [1.29, 1.82) is 0 Å². The zero-order chi connectivity index (χ0) is 89.0. The molecule has 4 saturated heterocycles. The number of rotatable bonds is 20. The fourth-order valence-electron chi connectivity index (χ4n) is 23.7. The van der Waals surface area contributed by atoms with E-state index in [1.54, 1.807) is 53.7 Å². The van der Waals surface area contributed by atoms with Gasteiger partial charge in [0.15, 0.2) is 59.6 Å². The lowest BCUT2D eigenvalue weighted by molar-refractivity contribution is -0.317. The topological polar surface area (TPSA) is 704 Å². The van der Waals surface area contributed by atoms with Crippen molar-refractivity contribution in [3.8, 4) is 0 Å². The van der Waals surface area contributed by atoms with Crippen molar-refractivity contribution in [3.05, 3.63) is 47.6 Å². The molecule has 38 nitrogen and oxygen atoms in total. The number of aliphatic hydroxyl groups excluding tert-OH is 12. The molecular formula is C81H132F2N10O28. The van der Waals surface area contributed by atoms with Crippen LogP contribution >= 0.6 is 0 Å². The number of nitrogens with two attached hydrogens (primary N) is 10. The first-order valence-corrected chi connectivity index (χ1v) is 42.3. The molecule has 0 unspecified atom stereocenters. The summed E-state index contributed by atoms with van der Waals surface area (Å²) in [5, 5.41) is 150. The lowest BCUT2D eigenvalue weighted by Gasteiger charge is -2.62. The molecule has 0 radical (unpaired) electrons. The summed E-state index contributed by atoms with van der Waals surface area (Å²) >= 11 is 0. The minimum atomic E-state index is -2.11. The number of carbonyl (C=O) groups excluding carboxylic acids is 4. The van der Waals surface area contributed by atoms with Gasteiger partial charge in [-0.3, -0.25) is 19.2 Å². The van der Waals surface area contributed by atoms with E-state index in [9.17, 15) is 90.7 Å². The van der Waals surface area contributed by atoms with Crippen LogP contribution in [0.25, 0.3) is 0 Å². The van der Waals surface area contributed by atoms with Crippen molar-refractivity contribution in [2.24, 2.45) is 115 Å². The van der Waals surface area contributed by atoms with E-state index in [4.69, 9.17) is 105 Å². The number of aliphatic hydroxyl groups is 14. The maximum absolute atomic E-state index is 17.5. The van der Waals surface area contributed by atoms with E-state index in [1.807, 2.05) is 0 Å². The van der Waals surface area contributed by atoms with Crippen molar-refractivity contribution in [2.45, 2.75) is 324 Å². The zero-order valence-corrected chi connectivity index (χ0v) is 69.2. The average Bonchev–Trinajstić information content (AvgIpc) is 1.59. The highest BCUT2D eigenvalue weighted by Gasteiger charge is 2.78. The van der Waals surface area contributed by atoms with Crippen molar-refractivity contribution in [2.75, 3.05) is 46.3 Å². The smallest absolute Gasteiger partial charge is 0.190 e. The van der Waals surface area contributed by atoms with Crippen LogP contribution in [0.4, 0.5) is 8.78 Å². The number of ketones is 4. The second-order valence-electron chi connectivity index (χ2n) is 37.6. The third-order valence-corrected chi connectivity index (χ3v) is 30.8. The van der Waals surface area contributed by atoms with Crippen molar-refractivity contribution in [1.82, 2.24) is 0 Å². The largest absolute Gasteiger partial charge is 0.394 e. The maximum Gasteiger partial charge on any atom is 0.190 e. The molecule has 14 rings (SSSR count). The summed E-state index contributed by atoms with van der Waals surface area (Å²) in [7, 11) is 0. The van der Waals surface area contributed by atoms with Gasteiger partial charge in [0.05, 0.1) is 74.0 Å². The predicted molar refractivity (Wildman–Crippen MR) is 419 cm³/mol. The summed E-state index contributed by atoms with van der Waals surface area (Å²) in [6, 6.07) is -6.95. The summed E-state index contributed by atoms with van der Waals surface area (Å²) in [5.41, 5.74) is 49.5. The Bertz CT molecular complexity index is 3820. The standard InChI is InChI=1S/C41H66FN5O14.C22H29FO5.C18H37N5O9/c1-17-8-21-20-5-4-18-9-19(48)6-7-38(18,2)40(20,42)28(50)12-39(21,3)41(17,55)29(51)15-57-16-56-14-27-31(52)30(47)32(53)37(59-27)61-35-23(45)10-22(44)34(33(35)54)60-36-24(46)11-25(49)26(13-43)58-36;1-12-8-16-15-5-4-13-9-14(25)6-7-19(13,2)21(15,23)17(26)10-20(16,3)22(12,28)18(27)11-24;19-3-9-8(25)2-7(22)17(29-9)31-15-5(20)1-6(21)16(14(15)28)32-18-13(27)11(23)12(26)10(4-24)30-18/h6-7,9,17,20-28,30-37,49-50,52-55H,4-5,8,10-16,43-47H2,1-3H3;6-7,9,12,15-17,24,26,28H,4-5,8,10-11H2,1-3H3;5-18,24-28H,1-4,19-23H2/t17-,20-,21-,22-,23+,24+,25-,26+,27+,28-,30-,31+,32+,33-,34+,35-,36+,37+,38-,39-,40-,41-;12-,15-,16-,17-,19-,20-,21-,22-;5-,6+,7+,8-,9+,10+,11-,12+,13+,14-,15+,16-,17+,18+/m000/s1. The molecule has 40 heteroatoms. The minimum Gasteiger partial charge on any atom is -0.394 e. The van der Waals surface area contributed by atoms with Gasteiger partial charge in [-0.2, -0.15) is 0 Å². The van der Waals surface area contributed by atoms with Crippen LogP contribution in [0.1, 0.15) is 119 Å². The average molecular weight is 1730 g/mol. The van der Waals surface area contributed by atoms with E-state index in [0.717, 1.165) is 0 Å². The van der Waals surface area contributed by atoms with E-state index in [0.29, 0.717) is 49.7 Å². The van der Waals surface area contributed by atoms with E-state index >= 15 is 8.78 Å². The van der Waals surface area contributed by atoms with Crippen molar-refractivity contribution >= 4 is 23.1 Å². The third kappa shape index (κ3) is 16.4. The molecule has 8 saturated carbocycles. The van der Waals surface area contributed by atoms with Crippen LogP contribution in [0.3, 0.4) is 0 Å². The number of alkyl halides is 2. The highest BCUT2D eigenvalue weighted by Crippen LogP contribution is 2.73. The van der Waals surface area contributed by atoms with E-state index < -0.39 is 295 Å². The summed E-state index contributed by atoms with van der Waals surface area (Å²) in [6.07, 6.45) is -14.5. The second kappa shape index (κ2) is 36.6. The molecule has 688 valence electrons. The fraction of sp³-hybridized carbons (Fsp3) is 0.852. The third-order valence-electron chi connectivity index (χ3n) is 30.8. The molecule has 44 atom stereocenters. The van der Waals surface area contributed by atoms with Crippen LogP contribution in [-0.4, -0.2) is 347 Å². The van der Waals surface area contributed by atoms with Crippen LogP contribution < -0.4 is 57.3 Å². The van der Waals surface area contributed by atoms with Gasteiger partial charge in [-0.15, -0.1) is 0 Å². The van der Waals surface area contributed by atoms with Crippen LogP contribution in [0.5, 0.6) is 0 Å². The molecule has 121 heavy (non-hydrogen) atoms. The maximum atomic E-state index is 17.5. The van der Waals surface area contributed by atoms with Crippen molar-refractivity contribution in [3.63, 3.8) is 0 Å². The van der Waals surface area contributed by atoms with Gasteiger partial charge in [-0.25, -0.2) is 8.78 Å². The SMILES string of the molecule is C[C@H]1C[C@H]2[C@@H]3CCC4=CC(=O)C=C[C@]4(C)[C@@]3(F)[C@@H](O)C[C@]2(C)[C@@]1(O)C(=O)CO.C[C@H]1C[C@H]2[C@@H]3CCC4=CC(=O)C=C[C@]4(C)[C@@]3(F)[C@@H](O)C[C@]2(C)[C@@]1(O)C(=O)COCOC[C@H]1O[C@H](O[C@@H]2[C@@H](O)[C@H](O[C@H]3O[C@H](CN)[C@@H](O)C[C@H]3N)[C@@H](N)C[C@H]2N)[C@H](O)[C@@H](N)[C@@H]1O.NC[C@H]1O[C@H](O[C@H]2[C@H](O)[C@@H](O[C@H]3O[C@H](CO)[C@@H](O)[C@H](N)[C@H]3O)[C@H](N)C[C@@H]2N)[C@H](N)C[C@@H]1O. The number of fused-ring (bicyclic) bond motifs is 10. The number of ether oxygens (including phenoxy) is 10. The Balaban J connectivity index is 0.000000186. The van der Waals surface area contributed by atoms with Crippen molar-refractivity contribution < 1.29 is 147 Å². The number of hydrogen-bond donors (Lipinski definition) is 24. The normalized spacial score (nSPS) is 52.4. The molecule has 0 bridgehead atoms. The molecule has 14 aliphatic rings. The van der Waals surface area contributed by atoms with E-state index in [-0.39, 0.29) is 75.7 Å². The molecule has 0 spiro atoms. The van der Waals surface area contributed by atoms with Gasteiger partial charge in [-0.1, -0.05) is 51.0 Å². The van der Waals surface area contributed by atoms with Crippen LogP contribution in [0, 0.1) is 57.2 Å². The molecule has 34 N–H and O–H groups in total. The number of allylic oxidation sites excluding steroid dienone is 8. The molecular weight excluding hydrogens is 1600 g/mol. The molecule has 0 aromatic heterocycles. The molecule has 0 aromatic carbocycles. The first kappa shape index (κ1) is 96.2. The highest BCUT2D eigenvalue weighted by atomic mass is 19.1. The number of halogens is 2. The van der Waals surface area contributed by atoms with E-state index in [1.165, 1.54) is 24.3 Å². The monoisotopic (exact) mass is 1730 g/mol. The Morgan fingerprint density at radius 1 is 0.471 bits per heavy atom. The molecule has 10 aliphatic carbocycles. The summed E-state index contributed by atoms with van der Waals surface area (Å²) in [5.74, 6) is -4.72. The van der Waals surface area contributed by atoms with Crippen LogP contribution in [-0.2, 0) is 66.5 Å². The Kier molecular flexibility index (Phi) is 29.1. The van der Waals surface area contributed by atoms with Gasteiger partial charge in [-0.05, 0) is 139 Å². The first-order chi connectivity index (χ1) is 56.7. The zero-order valence-electron chi connectivity index (χ0n) is 69.2. The predicted octanol–water partition coefficient (Wildman–Crippen LogP) is -7.78. The summed E-state index contributed by atoms with van der Waals surface area (Å²) < 4.78 is 91.9. The van der Waals surface area contributed by atoms with Crippen LogP contribution in [0.15, 0.2) is 47.6 Å². The summed E-state index contributed by atoms with van der Waals surface area (Å²) in [6.45, 7) is 7.75. The van der Waals surface area contributed by atoms with E-state index in [2.05, 4.69) is 0 Å². The van der Waals surface area contributed by atoms with Gasteiger partial charge >= 0.3 is 0 Å². The quantitative estimate of drug-likeness (QED) is 0.0398. The first-order valence-electron chi connectivity index (χ1n) is 42.3.